The zero-order chi connectivity index (χ0) is 13.9. The molecule has 1 aromatic carbocycles. The van der Waals surface area contributed by atoms with Gasteiger partial charge in [-0.3, -0.25) is 0 Å². The van der Waals surface area contributed by atoms with Crippen molar-refractivity contribution in [2.45, 2.75) is 44.3 Å². The number of nitrogens with one attached hydrogen (secondary N) is 1. The summed E-state index contributed by atoms with van der Waals surface area (Å²) in [6.07, 6.45) is 0.0978. The summed E-state index contributed by atoms with van der Waals surface area (Å²) in [6, 6.07) is 3.64. The molecule has 1 fully saturated rings. The number of piperidine rings is 1. The fourth-order valence-electron chi connectivity index (χ4n) is 2.46. The second-order valence-electron chi connectivity index (χ2n) is 5.00. The van der Waals surface area contributed by atoms with E-state index in [4.69, 9.17) is 0 Å². The highest BCUT2D eigenvalue weighted by atomic mass is 19.4. The first-order chi connectivity index (χ1) is 8.97. The van der Waals surface area contributed by atoms with E-state index in [1.165, 1.54) is 6.07 Å². The van der Waals surface area contributed by atoms with Gasteiger partial charge in [0, 0.05) is 6.04 Å². The normalized spacial score (nSPS) is 20.5. The molecule has 2 rings (SSSR count). The van der Waals surface area contributed by atoms with Crippen molar-refractivity contribution in [3.8, 4) is 0 Å². The van der Waals surface area contributed by atoms with Gasteiger partial charge >= 0.3 is 6.18 Å². The van der Waals surface area contributed by atoms with Crippen LogP contribution in [0, 0.1) is 5.82 Å². The number of hydrogen-bond acceptors (Lipinski definition) is 1. The first kappa shape index (κ1) is 14.3. The van der Waals surface area contributed by atoms with Crippen molar-refractivity contribution in [1.82, 2.24) is 5.32 Å². The second kappa shape index (κ2) is 5.90. The van der Waals surface area contributed by atoms with Gasteiger partial charge in [0.05, 0.1) is 5.56 Å². The maximum atomic E-state index is 13.1. The molecule has 1 heterocycles. The van der Waals surface area contributed by atoms with Gasteiger partial charge < -0.3 is 5.32 Å². The molecule has 0 amide bonds. The molecular formula is C14H17F4N. The Balaban J connectivity index is 2.00. The highest BCUT2D eigenvalue weighted by Crippen LogP contribution is 2.32. The lowest BCUT2D eigenvalue weighted by Crippen LogP contribution is -2.34. The van der Waals surface area contributed by atoms with Gasteiger partial charge in [-0.05, 0) is 49.9 Å². The largest absolute Gasteiger partial charge is 0.419 e. The van der Waals surface area contributed by atoms with Crippen LogP contribution in [0.2, 0.25) is 0 Å². The Bertz CT molecular complexity index is 422. The van der Waals surface area contributed by atoms with Crippen LogP contribution in [0.15, 0.2) is 18.2 Å². The number of halogens is 4. The lowest BCUT2D eigenvalue weighted by atomic mass is 9.97. The van der Waals surface area contributed by atoms with Crippen molar-refractivity contribution in [3.05, 3.63) is 35.1 Å². The number of hydrogen-bond donors (Lipinski definition) is 1. The Morgan fingerprint density at radius 1 is 1.21 bits per heavy atom. The summed E-state index contributed by atoms with van der Waals surface area (Å²) in [5.74, 6) is -1.20. The van der Waals surface area contributed by atoms with E-state index < -0.39 is 17.6 Å². The minimum atomic E-state index is -4.62. The van der Waals surface area contributed by atoms with Gasteiger partial charge in [0.2, 0.25) is 0 Å². The van der Waals surface area contributed by atoms with Crippen molar-refractivity contribution in [2.75, 3.05) is 6.54 Å². The number of alkyl halides is 3. The zero-order valence-corrected chi connectivity index (χ0v) is 10.6. The summed E-state index contributed by atoms with van der Waals surface area (Å²) in [5, 5.41) is 3.35. The molecule has 1 atom stereocenters. The van der Waals surface area contributed by atoms with Crippen LogP contribution in [-0.2, 0) is 12.6 Å². The smallest absolute Gasteiger partial charge is 0.314 e. The van der Waals surface area contributed by atoms with Crippen LogP contribution in [0.1, 0.15) is 36.8 Å². The third kappa shape index (κ3) is 3.93. The number of aryl methyl sites for hydroxylation is 1. The Morgan fingerprint density at radius 3 is 2.63 bits per heavy atom. The molecule has 19 heavy (non-hydrogen) atoms. The standard InChI is InChI=1S/C14H17F4N/c15-13-7-5-10(9-12(13)14(16,17)18)4-6-11-3-1-2-8-19-11/h5,7,9,11,19H,1-4,6,8H2. The van der Waals surface area contributed by atoms with E-state index >= 15 is 0 Å². The third-order valence-electron chi connectivity index (χ3n) is 3.53. The van der Waals surface area contributed by atoms with Crippen molar-refractivity contribution < 1.29 is 17.6 Å². The van der Waals surface area contributed by atoms with Gasteiger partial charge in [0.15, 0.2) is 0 Å². The van der Waals surface area contributed by atoms with Gasteiger partial charge in [0.1, 0.15) is 5.82 Å². The van der Waals surface area contributed by atoms with Crippen LogP contribution in [0.25, 0.3) is 0 Å². The van der Waals surface area contributed by atoms with E-state index in [2.05, 4.69) is 5.32 Å². The number of benzene rings is 1. The summed E-state index contributed by atoms with van der Waals surface area (Å²) in [5.41, 5.74) is -0.622. The molecule has 1 aromatic rings. The van der Waals surface area contributed by atoms with Crippen LogP contribution >= 0.6 is 0 Å². The Labute approximate surface area is 110 Å². The molecule has 0 aliphatic carbocycles. The molecule has 1 nitrogen and oxygen atoms in total. The van der Waals surface area contributed by atoms with E-state index in [1.54, 1.807) is 0 Å². The van der Waals surface area contributed by atoms with E-state index in [0.29, 0.717) is 18.0 Å². The van der Waals surface area contributed by atoms with Crippen LogP contribution in [0.3, 0.4) is 0 Å². The average molecular weight is 275 g/mol. The van der Waals surface area contributed by atoms with E-state index in [9.17, 15) is 17.6 Å². The van der Waals surface area contributed by atoms with Gasteiger partial charge in [-0.25, -0.2) is 4.39 Å². The highest BCUT2D eigenvalue weighted by molar-refractivity contribution is 5.27. The molecule has 1 saturated heterocycles. The first-order valence-electron chi connectivity index (χ1n) is 6.56. The Morgan fingerprint density at radius 2 is 2.00 bits per heavy atom. The molecule has 1 unspecified atom stereocenters. The van der Waals surface area contributed by atoms with Gasteiger partial charge in [0.25, 0.3) is 0 Å². The maximum Gasteiger partial charge on any atom is 0.419 e. The van der Waals surface area contributed by atoms with Gasteiger partial charge in [-0.2, -0.15) is 13.2 Å². The summed E-state index contributed by atoms with van der Waals surface area (Å²) in [4.78, 5) is 0. The SMILES string of the molecule is Fc1ccc(CCC2CCCCN2)cc1C(F)(F)F. The molecule has 5 heteroatoms. The topological polar surface area (TPSA) is 12.0 Å². The van der Waals surface area contributed by atoms with Gasteiger partial charge in [-0.1, -0.05) is 12.5 Å². The average Bonchev–Trinajstić information content (AvgIpc) is 2.37. The van der Waals surface area contributed by atoms with Crippen molar-refractivity contribution in [1.29, 1.82) is 0 Å². The highest BCUT2D eigenvalue weighted by Gasteiger charge is 2.34. The quantitative estimate of drug-likeness (QED) is 0.824. The molecule has 106 valence electrons. The fourth-order valence-corrected chi connectivity index (χ4v) is 2.46. The van der Waals surface area contributed by atoms with Crippen LogP contribution < -0.4 is 5.32 Å². The Hall–Kier alpha value is -1.10. The molecule has 0 spiro atoms. The van der Waals surface area contributed by atoms with Gasteiger partial charge in [-0.15, -0.1) is 0 Å². The lowest BCUT2D eigenvalue weighted by Gasteiger charge is -2.23. The van der Waals surface area contributed by atoms with Crippen molar-refractivity contribution in [2.24, 2.45) is 0 Å². The molecule has 0 radical (unpaired) electrons. The monoisotopic (exact) mass is 275 g/mol. The van der Waals surface area contributed by atoms with Crippen molar-refractivity contribution >= 4 is 0 Å². The third-order valence-corrected chi connectivity index (χ3v) is 3.53. The number of rotatable bonds is 3. The van der Waals surface area contributed by atoms with E-state index in [-0.39, 0.29) is 0 Å². The van der Waals surface area contributed by atoms with Crippen LogP contribution in [-0.4, -0.2) is 12.6 Å². The first-order valence-corrected chi connectivity index (χ1v) is 6.56. The zero-order valence-electron chi connectivity index (χ0n) is 10.6. The molecular weight excluding hydrogens is 258 g/mol. The molecule has 0 saturated carbocycles. The minimum absolute atomic E-state index is 0.369. The summed E-state index contributed by atoms with van der Waals surface area (Å²) in [7, 11) is 0. The summed E-state index contributed by atoms with van der Waals surface area (Å²) in [6.45, 7) is 0.974. The second-order valence-corrected chi connectivity index (χ2v) is 5.00. The molecule has 1 N–H and O–H groups in total. The Kier molecular flexibility index (Phi) is 4.45. The predicted molar refractivity (Wildman–Crippen MR) is 65.4 cm³/mol. The molecule has 1 aliphatic heterocycles. The van der Waals surface area contributed by atoms with Crippen LogP contribution in [0.4, 0.5) is 17.6 Å². The van der Waals surface area contributed by atoms with Crippen LogP contribution in [0.5, 0.6) is 0 Å². The van der Waals surface area contributed by atoms with E-state index in [0.717, 1.165) is 44.4 Å². The maximum absolute atomic E-state index is 13.1. The fraction of sp³-hybridized carbons (Fsp3) is 0.571. The minimum Gasteiger partial charge on any atom is -0.314 e. The summed E-state index contributed by atoms with van der Waals surface area (Å²) < 4.78 is 50.8. The molecule has 0 aromatic heterocycles. The van der Waals surface area contributed by atoms with Crippen molar-refractivity contribution in [3.63, 3.8) is 0 Å². The van der Waals surface area contributed by atoms with E-state index in [1.807, 2.05) is 0 Å². The predicted octanol–water partition coefficient (Wildman–Crippen LogP) is 3.92. The molecule has 1 aliphatic rings. The lowest BCUT2D eigenvalue weighted by molar-refractivity contribution is -0.140. The summed E-state index contributed by atoms with van der Waals surface area (Å²) >= 11 is 0. The molecule has 0 bridgehead atoms.